The van der Waals surface area contributed by atoms with Gasteiger partial charge in [-0.3, -0.25) is 33.7 Å². The first-order valence-corrected chi connectivity index (χ1v) is 25.3. The summed E-state index contributed by atoms with van der Waals surface area (Å²) in [6.45, 7) is 4.55. The number of rotatable bonds is 32. The minimum atomic E-state index is -0.544. The van der Waals surface area contributed by atoms with Gasteiger partial charge in [0, 0.05) is 98.3 Å². The van der Waals surface area contributed by atoms with Gasteiger partial charge in [0.15, 0.2) is 17.2 Å². The van der Waals surface area contributed by atoms with Crippen LogP contribution < -0.4 is 46.8 Å². The lowest BCUT2D eigenvalue weighted by Gasteiger charge is -2.28. The van der Waals surface area contributed by atoms with Gasteiger partial charge in [-0.25, -0.2) is 0 Å². The molecule has 0 saturated heterocycles. The number of ether oxygens (including phenoxy) is 6. The molecule has 0 spiro atoms. The molecule has 0 radical (unpaired) electrons. The van der Waals surface area contributed by atoms with Gasteiger partial charge in [0.2, 0.25) is 0 Å². The lowest BCUT2D eigenvalue weighted by atomic mass is 10.1. The number of carbonyl (C=O) groups is 3. The van der Waals surface area contributed by atoms with Gasteiger partial charge < -0.3 is 58.1 Å². The van der Waals surface area contributed by atoms with Crippen molar-refractivity contribution in [3.05, 3.63) is 192 Å². The Hall–Kier alpha value is -7.84. The number of amides is 3. The Morgan fingerprint density at radius 3 is 1.17 bits per heavy atom. The van der Waals surface area contributed by atoms with Crippen LogP contribution in [0.2, 0.25) is 0 Å². The Balaban J connectivity index is 1.24. The molecule has 3 amide bonds. The lowest BCUT2D eigenvalue weighted by molar-refractivity contribution is 0.0915. The van der Waals surface area contributed by atoms with Crippen LogP contribution in [-0.4, -0.2) is 116 Å². The van der Waals surface area contributed by atoms with Gasteiger partial charge in [-0.15, -0.1) is 0 Å². The third kappa shape index (κ3) is 16.8. The van der Waals surface area contributed by atoms with Crippen LogP contribution in [0.5, 0.6) is 17.2 Å². The maximum absolute atomic E-state index is 14.3. The van der Waals surface area contributed by atoms with Crippen LogP contribution >= 0.6 is 0 Å². The number of carbonyl (C=O) groups excluding carboxylic acids is 3. The number of aromatic nitrogens is 3. The zero-order valence-corrected chi connectivity index (χ0v) is 43.7. The fourth-order valence-electron chi connectivity index (χ4n) is 8.17. The molecular formula is C57H69N7O12. The molecule has 3 N–H and O–H groups in total. The Kier molecular flexibility index (Phi) is 23.1. The van der Waals surface area contributed by atoms with Crippen molar-refractivity contribution in [2.24, 2.45) is 0 Å². The maximum Gasteiger partial charge on any atom is 0.293 e. The van der Waals surface area contributed by atoms with Gasteiger partial charge in [-0.1, -0.05) is 104 Å². The van der Waals surface area contributed by atoms with Gasteiger partial charge in [-0.05, 0) is 41.3 Å². The van der Waals surface area contributed by atoms with Crippen molar-refractivity contribution in [2.45, 2.75) is 65.3 Å². The van der Waals surface area contributed by atoms with E-state index in [0.29, 0.717) is 12.8 Å². The summed E-state index contributed by atoms with van der Waals surface area (Å²) < 4.78 is 38.1. The average molecular weight is 1040 g/mol. The van der Waals surface area contributed by atoms with E-state index in [4.69, 9.17) is 28.4 Å². The minimum Gasteiger partial charge on any atom is -0.482 e. The third-order valence-corrected chi connectivity index (χ3v) is 12.3. The molecule has 3 aromatic carbocycles. The molecule has 0 bridgehead atoms. The molecule has 0 saturated carbocycles. The van der Waals surface area contributed by atoms with E-state index in [0.717, 1.165) is 16.7 Å². The smallest absolute Gasteiger partial charge is 0.293 e. The second kappa shape index (κ2) is 30.5. The Labute approximate surface area is 442 Å². The monoisotopic (exact) mass is 1040 g/mol. The Morgan fingerprint density at radius 2 is 0.842 bits per heavy atom. The number of nitrogens with zero attached hydrogens (tertiary/aromatic N) is 4. The highest BCUT2D eigenvalue weighted by atomic mass is 16.5. The van der Waals surface area contributed by atoms with Crippen molar-refractivity contribution >= 4 is 17.7 Å². The van der Waals surface area contributed by atoms with E-state index >= 15 is 0 Å². The molecule has 3 aromatic heterocycles. The molecule has 0 aliphatic rings. The highest BCUT2D eigenvalue weighted by molar-refractivity contribution is 5.98. The summed E-state index contributed by atoms with van der Waals surface area (Å²) in [6, 6.07) is 32.0. The molecule has 19 heteroatoms. The van der Waals surface area contributed by atoms with Crippen LogP contribution in [0, 0.1) is 0 Å². The SMILES string of the molecule is CCCC(CN(CCNC(=O)c1ccn(CCOC)c(=O)c1OCc1ccccc1)CCNC(=O)c1ccn(CCOC)c(=O)c1OCc1ccccc1)NC(=O)c1ccn(CCOC)c(=O)c1OCc1ccccc1. The van der Waals surface area contributed by atoms with E-state index < -0.39 is 40.4 Å². The molecule has 76 heavy (non-hydrogen) atoms. The quantitative estimate of drug-likeness (QED) is 0.0514. The third-order valence-electron chi connectivity index (χ3n) is 12.3. The fraction of sp³-hybridized carbons (Fsp3) is 0.368. The van der Waals surface area contributed by atoms with E-state index in [-0.39, 0.29) is 126 Å². The Morgan fingerprint density at radius 1 is 0.500 bits per heavy atom. The zero-order valence-electron chi connectivity index (χ0n) is 43.7. The second-order valence-electron chi connectivity index (χ2n) is 17.7. The summed E-state index contributed by atoms with van der Waals surface area (Å²) in [5.41, 5.74) is 1.12. The molecule has 6 aromatic rings. The van der Waals surface area contributed by atoms with Crippen molar-refractivity contribution in [1.82, 2.24) is 34.6 Å². The predicted octanol–water partition coefficient (Wildman–Crippen LogP) is 4.91. The number of pyridine rings is 3. The van der Waals surface area contributed by atoms with Crippen LogP contribution in [-0.2, 0) is 53.7 Å². The maximum atomic E-state index is 14.3. The Bertz CT molecular complexity index is 2840. The van der Waals surface area contributed by atoms with Gasteiger partial charge >= 0.3 is 0 Å². The molecule has 3 heterocycles. The van der Waals surface area contributed by atoms with Gasteiger partial charge in [0.25, 0.3) is 34.4 Å². The van der Waals surface area contributed by atoms with Gasteiger partial charge in [-0.2, -0.15) is 0 Å². The van der Waals surface area contributed by atoms with Crippen LogP contribution in [0.25, 0.3) is 0 Å². The molecular weight excluding hydrogens is 975 g/mol. The average Bonchev–Trinajstić information content (AvgIpc) is 3.46. The molecule has 404 valence electrons. The van der Waals surface area contributed by atoms with E-state index in [1.54, 1.807) is 6.07 Å². The molecule has 19 nitrogen and oxygen atoms in total. The normalized spacial score (nSPS) is 11.5. The summed E-state index contributed by atoms with van der Waals surface area (Å²) in [7, 11) is 4.60. The van der Waals surface area contributed by atoms with Crippen LogP contribution in [0.3, 0.4) is 0 Å². The predicted molar refractivity (Wildman–Crippen MR) is 287 cm³/mol. The number of hydrogen-bond acceptors (Lipinski definition) is 13. The van der Waals surface area contributed by atoms with E-state index in [1.807, 2.05) is 103 Å². The number of benzene rings is 3. The summed E-state index contributed by atoms with van der Waals surface area (Å²) in [5, 5.41) is 9.02. The summed E-state index contributed by atoms with van der Waals surface area (Å²) >= 11 is 0. The standard InChI is InChI=1S/C57H69N7O12/c1-5-15-45(60-54(67)48-24-29-64(34-37-73-4)57(70)51(48)76-41-44-20-13-8-14-21-44)38-61(30-25-58-52(65)46-22-27-62(32-35-71-2)55(68)49(46)74-39-42-16-9-6-10-17-42)31-26-59-53(66)47-23-28-63(33-36-72-3)56(69)50(47)75-40-43-18-11-7-12-19-43/h6-14,16-24,27-29,45H,5,15,25-26,30-41H2,1-4H3,(H,58,65)(H,59,66)(H,60,67). The van der Waals surface area contributed by atoms with Gasteiger partial charge in [0.05, 0.1) is 36.5 Å². The molecule has 1 atom stereocenters. The van der Waals surface area contributed by atoms with Crippen molar-refractivity contribution < 1.29 is 42.8 Å². The highest BCUT2D eigenvalue weighted by Gasteiger charge is 2.25. The summed E-state index contributed by atoms with van der Waals surface area (Å²) in [5.74, 6) is -1.93. The van der Waals surface area contributed by atoms with E-state index in [1.165, 1.54) is 65.8 Å². The first-order valence-electron chi connectivity index (χ1n) is 25.3. The van der Waals surface area contributed by atoms with Crippen molar-refractivity contribution in [2.75, 3.05) is 73.9 Å². The topological polar surface area (TPSA) is 212 Å². The molecule has 0 aliphatic heterocycles. The zero-order chi connectivity index (χ0) is 54.1. The van der Waals surface area contributed by atoms with Crippen molar-refractivity contribution in [1.29, 1.82) is 0 Å². The highest BCUT2D eigenvalue weighted by Crippen LogP contribution is 2.19. The summed E-state index contributed by atoms with van der Waals surface area (Å²) in [4.78, 5) is 85.6. The second-order valence-corrected chi connectivity index (χ2v) is 17.7. The first-order chi connectivity index (χ1) is 37.0. The molecule has 0 aliphatic carbocycles. The van der Waals surface area contributed by atoms with Crippen LogP contribution in [0.15, 0.2) is 142 Å². The van der Waals surface area contributed by atoms with Gasteiger partial charge in [0.1, 0.15) is 19.8 Å². The van der Waals surface area contributed by atoms with Crippen LogP contribution in [0.1, 0.15) is 67.5 Å². The minimum absolute atomic E-state index is 0.0494. The molecule has 6 rings (SSSR count). The largest absolute Gasteiger partial charge is 0.482 e. The number of methoxy groups -OCH3 is 3. The first kappa shape index (κ1) is 57.4. The van der Waals surface area contributed by atoms with Crippen molar-refractivity contribution in [3.8, 4) is 17.2 Å². The van der Waals surface area contributed by atoms with E-state index in [2.05, 4.69) is 16.0 Å². The fourth-order valence-corrected chi connectivity index (χ4v) is 8.17. The van der Waals surface area contributed by atoms with Crippen LogP contribution in [0.4, 0.5) is 0 Å². The van der Waals surface area contributed by atoms with E-state index in [9.17, 15) is 28.8 Å². The molecule has 1 unspecified atom stereocenters. The number of hydrogen-bond donors (Lipinski definition) is 3. The number of nitrogens with one attached hydrogen (secondary N) is 3. The lowest BCUT2D eigenvalue weighted by Crippen LogP contribution is -2.48. The molecule has 0 fully saturated rings. The van der Waals surface area contributed by atoms with Crippen molar-refractivity contribution in [3.63, 3.8) is 0 Å². The summed E-state index contributed by atoms with van der Waals surface area (Å²) in [6.07, 6.45) is 5.79.